The number of unbranched alkanes of at least 4 members (excludes halogenated alkanes) is 1. The number of hydrogen-bond acceptors (Lipinski definition) is 15. The molecule has 2 aromatic heterocycles. The summed E-state index contributed by atoms with van der Waals surface area (Å²) in [4.78, 5) is 99.7. The predicted molar refractivity (Wildman–Crippen MR) is 265 cm³/mol. The number of nitrogens with one attached hydrogen (secondary N) is 2. The van der Waals surface area contributed by atoms with E-state index in [4.69, 9.17) is 35.8 Å². The molecule has 18 nitrogen and oxygen atoms in total. The second-order valence-corrected chi connectivity index (χ2v) is 18.1. The van der Waals surface area contributed by atoms with Gasteiger partial charge >= 0.3 is 12.1 Å². The number of nitrogens with two attached hydrogens (primary N) is 1. The number of aromatic nitrogens is 2. The fourth-order valence-corrected chi connectivity index (χ4v) is 9.14. The molecule has 71 heavy (non-hydrogen) atoms. The molecule has 2 aromatic carbocycles. The Morgan fingerprint density at radius 1 is 0.986 bits per heavy atom. The van der Waals surface area contributed by atoms with E-state index in [0.29, 0.717) is 93.2 Å². The number of esters is 1. The molecule has 2 amide bonds. The van der Waals surface area contributed by atoms with Crippen molar-refractivity contribution in [1.82, 2.24) is 19.8 Å². The number of carbonyl (C=O) groups excluding carboxylic acids is 6. The molecule has 2 atom stereocenters. The molecule has 2 aliphatic heterocycles. The van der Waals surface area contributed by atoms with Gasteiger partial charge in [0.25, 0.3) is 5.56 Å². The first kappa shape index (κ1) is 52.5. The van der Waals surface area contributed by atoms with Crippen molar-refractivity contribution in [2.75, 3.05) is 57.9 Å². The summed E-state index contributed by atoms with van der Waals surface area (Å²) in [6.07, 6.45) is 1.79. The molecule has 2 aliphatic rings. The van der Waals surface area contributed by atoms with Crippen molar-refractivity contribution >= 4 is 52.1 Å². The first-order valence-electron chi connectivity index (χ1n) is 25.2. The summed E-state index contributed by atoms with van der Waals surface area (Å²) in [5, 5.41) is 6.95. The molecule has 4 N–H and O–H groups in total. The van der Waals surface area contributed by atoms with Gasteiger partial charge in [0.1, 0.15) is 26.4 Å². The van der Waals surface area contributed by atoms with Crippen molar-refractivity contribution in [2.45, 2.75) is 117 Å². The maximum Gasteiger partial charge on any atom is 0.510 e. The van der Waals surface area contributed by atoms with Crippen LogP contribution in [0.3, 0.4) is 0 Å². The van der Waals surface area contributed by atoms with Gasteiger partial charge in [0.2, 0.25) is 17.4 Å². The van der Waals surface area contributed by atoms with Crippen LogP contribution in [0.15, 0.2) is 59.4 Å². The van der Waals surface area contributed by atoms with Crippen molar-refractivity contribution in [1.29, 1.82) is 0 Å². The number of amides is 2. The predicted octanol–water partition coefficient (Wildman–Crippen LogP) is 5.88. The van der Waals surface area contributed by atoms with E-state index >= 15 is 0 Å². The van der Waals surface area contributed by atoms with Crippen molar-refractivity contribution in [2.24, 2.45) is 11.7 Å². The van der Waals surface area contributed by atoms with Crippen LogP contribution < -0.4 is 21.9 Å². The van der Waals surface area contributed by atoms with E-state index in [1.807, 2.05) is 38.1 Å². The maximum absolute atomic E-state index is 14.4. The number of hydrogen-bond donors (Lipinski definition) is 3. The first-order valence-corrected chi connectivity index (χ1v) is 24.5. The largest absolute Gasteiger partial charge is 0.510 e. The molecule has 0 saturated carbocycles. The van der Waals surface area contributed by atoms with E-state index in [1.54, 1.807) is 53.6 Å². The van der Waals surface area contributed by atoms with E-state index in [9.17, 15) is 33.6 Å². The van der Waals surface area contributed by atoms with Crippen molar-refractivity contribution < 1.29 is 53.8 Å². The molecule has 4 heterocycles. The molecule has 6 rings (SSSR count). The maximum atomic E-state index is 14.4. The summed E-state index contributed by atoms with van der Waals surface area (Å²) in [6, 6.07) is 15.9. The average Bonchev–Trinajstić information content (AvgIpc) is 3.73. The summed E-state index contributed by atoms with van der Waals surface area (Å²) in [7, 11) is 0. The summed E-state index contributed by atoms with van der Waals surface area (Å²) in [6.45, 7) is 9.43. The Hall–Kier alpha value is -6.34. The number of cyclic esters (lactones) is 1. The zero-order chi connectivity index (χ0) is 51.8. The molecule has 0 fully saturated rings. The summed E-state index contributed by atoms with van der Waals surface area (Å²) in [5.74, 6) is -2.39. The van der Waals surface area contributed by atoms with Crippen LogP contribution in [-0.2, 0) is 79.4 Å². The van der Waals surface area contributed by atoms with Crippen LogP contribution >= 0.6 is 0 Å². The Labute approximate surface area is 415 Å². The fraction of sp³-hybridized carbons (Fsp3) is 0.509. The second kappa shape index (κ2) is 25.7. The Kier molecular flexibility index (Phi) is 19.0. The number of fused-ring (bicyclic) bond motifs is 5. The highest BCUT2D eigenvalue weighted by Crippen LogP contribution is 2.42. The minimum absolute atomic E-state index is 0.0113. The lowest BCUT2D eigenvalue weighted by Crippen LogP contribution is -2.47. The smallest absolute Gasteiger partial charge is 0.457 e. The van der Waals surface area contributed by atoms with Gasteiger partial charge in [0, 0.05) is 75.0 Å². The summed E-state index contributed by atoms with van der Waals surface area (Å²) < 4.78 is 36.5. The van der Waals surface area contributed by atoms with Crippen LogP contribution in [0, 0.1) is 5.92 Å². The average molecular weight is 983 g/mol. The van der Waals surface area contributed by atoms with Crippen LogP contribution in [0.1, 0.15) is 109 Å². The van der Waals surface area contributed by atoms with Gasteiger partial charge in [-0.1, -0.05) is 50.6 Å². The zero-order valence-corrected chi connectivity index (χ0v) is 41.3. The standard InChI is InChI=1S/C53H68N6O12/c1-6-53(45-28-47-48-43(29-59(47)50(64)44(45)33-69-51(53)65)41(21-24-58(34(3)4)35(5)60)42-15-8-9-16-46(42)57-48)71-52(66)70-30-36-17-19-38(20-18-36)56-49(63)37(13-10-11-23-55-7-2)27-40(62)32-68-31-39(61)14-12-25-67-26-22-54/h8-9,15-20,28,34,37,55H,6-7,10-14,21-27,29-33,54H2,1-5H3,(H,56,63)/t37-,53+/m1/s1/i2T. The number of carbonyl (C=O) groups is 6. The quantitative estimate of drug-likeness (QED) is 0.0392. The number of nitrogens with zero attached hydrogens (tertiary/aromatic N) is 3. The number of benzene rings is 2. The second-order valence-electron chi connectivity index (χ2n) is 18.1. The molecule has 0 bridgehead atoms. The van der Waals surface area contributed by atoms with Gasteiger partial charge in [-0.2, -0.15) is 0 Å². The van der Waals surface area contributed by atoms with Gasteiger partial charge in [-0.05, 0) is 94.4 Å². The first-order chi connectivity index (χ1) is 34.7. The molecule has 0 unspecified atom stereocenters. The third-order valence-electron chi connectivity index (χ3n) is 12.9. The van der Waals surface area contributed by atoms with Crippen molar-refractivity contribution in [3.63, 3.8) is 0 Å². The van der Waals surface area contributed by atoms with Crippen LogP contribution in [0.4, 0.5) is 10.5 Å². The molecule has 0 saturated heterocycles. The fourth-order valence-electron chi connectivity index (χ4n) is 9.14. The Morgan fingerprint density at radius 2 is 1.76 bits per heavy atom. The monoisotopic (exact) mass is 982 g/mol. The van der Waals surface area contributed by atoms with Gasteiger partial charge < -0.3 is 49.5 Å². The lowest BCUT2D eigenvalue weighted by Gasteiger charge is -2.35. The van der Waals surface area contributed by atoms with Crippen LogP contribution in [0.2, 0.25) is 0 Å². The SMILES string of the molecule is [3H]CCNCCCC[C@H](CC(=O)COCC(=O)CCCOCCN)C(=O)Nc1ccc(COC(=O)O[C@]2(CC)C(=O)OCc3c2cc2n(c3=O)Cc3c-2nc2ccccc2c3CCN(C(C)=O)C(C)C)cc1. The van der Waals surface area contributed by atoms with Crippen LogP contribution in [0.25, 0.3) is 22.3 Å². The van der Waals surface area contributed by atoms with E-state index in [0.717, 1.165) is 22.9 Å². The van der Waals surface area contributed by atoms with Crippen molar-refractivity contribution in [3.8, 4) is 11.4 Å². The lowest BCUT2D eigenvalue weighted by molar-refractivity contribution is -0.175. The van der Waals surface area contributed by atoms with Crippen LogP contribution in [0.5, 0.6) is 0 Å². The van der Waals surface area contributed by atoms with Gasteiger partial charge in [0.15, 0.2) is 11.6 Å². The molecule has 18 heteroatoms. The number of ketones is 2. The number of para-hydroxylation sites is 1. The molecule has 0 radical (unpaired) electrons. The normalized spacial score (nSPS) is 15.3. The number of ether oxygens (including phenoxy) is 5. The van der Waals surface area contributed by atoms with E-state index in [1.165, 1.54) is 0 Å². The highest BCUT2D eigenvalue weighted by atomic mass is 16.7. The Balaban J connectivity index is 1.11. The van der Waals surface area contributed by atoms with Crippen LogP contribution in [-0.4, -0.2) is 109 Å². The number of anilines is 1. The molecular formula is C53H68N6O12. The zero-order valence-electron chi connectivity index (χ0n) is 42.3. The highest BCUT2D eigenvalue weighted by Gasteiger charge is 2.51. The van der Waals surface area contributed by atoms with Gasteiger partial charge in [-0.25, -0.2) is 14.6 Å². The van der Waals surface area contributed by atoms with E-state index < -0.39 is 29.2 Å². The van der Waals surface area contributed by atoms with Gasteiger partial charge in [-0.3, -0.25) is 24.0 Å². The molecular weight excluding hydrogens is 913 g/mol. The topological polar surface area (TPSA) is 237 Å². The third-order valence-corrected chi connectivity index (χ3v) is 12.9. The summed E-state index contributed by atoms with van der Waals surface area (Å²) in [5.41, 5.74) is 7.87. The number of Topliss-reactive ketones (excluding diaryl/α,β-unsaturated/α-hetero) is 2. The van der Waals surface area contributed by atoms with E-state index in [-0.39, 0.29) is 99.7 Å². The number of pyridine rings is 2. The van der Waals surface area contributed by atoms with Gasteiger partial charge in [0.05, 0.1) is 35.6 Å². The molecule has 4 aromatic rings. The highest BCUT2D eigenvalue weighted by molar-refractivity contribution is 5.96. The molecule has 382 valence electrons. The summed E-state index contributed by atoms with van der Waals surface area (Å²) >= 11 is 0. The minimum atomic E-state index is -2.00. The van der Waals surface area contributed by atoms with Crippen molar-refractivity contribution in [3.05, 3.63) is 92.8 Å². The number of rotatable bonds is 28. The third kappa shape index (κ3) is 13.5. The molecule has 0 aliphatic carbocycles. The minimum Gasteiger partial charge on any atom is -0.457 e. The van der Waals surface area contributed by atoms with Gasteiger partial charge in [-0.15, -0.1) is 0 Å². The van der Waals surface area contributed by atoms with E-state index in [2.05, 4.69) is 10.6 Å². The lowest BCUT2D eigenvalue weighted by atomic mass is 9.85. The molecule has 0 spiro atoms. The Morgan fingerprint density at radius 3 is 2.49 bits per heavy atom. The Bertz CT molecular complexity index is 2640.